The van der Waals surface area contributed by atoms with Crippen LogP contribution < -0.4 is 15.1 Å². The number of fused-ring (bicyclic) bond motifs is 4. The Morgan fingerprint density at radius 3 is 2.61 bits per heavy atom. The van der Waals surface area contributed by atoms with E-state index in [2.05, 4.69) is 34.5 Å². The van der Waals surface area contributed by atoms with E-state index >= 15 is 0 Å². The molecule has 4 heterocycles. The largest absolute Gasteiger partial charge is 0.351 e. The van der Waals surface area contributed by atoms with Gasteiger partial charge >= 0.3 is 0 Å². The topological polar surface area (TPSA) is 65.5 Å². The predicted octanol–water partition coefficient (Wildman–Crippen LogP) is 7.83. The number of anilines is 3. The van der Waals surface area contributed by atoms with Crippen molar-refractivity contribution < 1.29 is 14.0 Å². The Morgan fingerprint density at radius 1 is 0.909 bits per heavy atom. The van der Waals surface area contributed by atoms with Gasteiger partial charge in [0.1, 0.15) is 17.3 Å². The van der Waals surface area contributed by atoms with Gasteiger partial charge in [-0.2, -0.15) is 0 Å². The van der Waals surface area contributed by atoms with E-state index in [-0.39, 0.29) is 17.5 Å². The minimum atomic E-state index is -0.465. The highest BCUT2D eigenvalue weighted by atomic mass is 32.2. The number of rotatable bonds is 4. The number of halogens is 1. The molecule has 5 aromatic rings. The first-order valence-corrected chi connectivity index (χ1v) is 16.3. The Morgan fingerprint density at radius 2 is 1.73 bits per heavy atom. The third kappa shape index (κ3) is 5.37. The number of hydrogen-bond donors (Lipinski definition) is 1. The van der Waals surface area contributed by atoms with E-state index in [1.54, 1.807) is 30.0 Å². The van der Waals surface area contributed by atoms with Gasteiger partial charge in [-0.05, 0) is 66.4 Å². The zero-order valence-electron chi connectivity index (χ0n) is 24.0. The second-order valence-corrected chi connectivity index (χ2v) is 13.0. The number of thiophene rings is 1. The molecule has 2 aliphatic heterocycles. The van der Waals surface area contributed by atoms with Gasteiger partial charge < -0.3 is 15.1 Å². The molecule has 0 saturated carbocycles. The number of aryl methyl sites for hydroxylation is 1. The molecule has 6 nitrogen and oxygen atoms in total. The van der Waals surface area contributed by atoms with Crippen LogP contribution in [0.1, 0.15) is 36.9 Å². The number of pyridine rings is 1. The summed E-state index contributed by atoms with van der Waals surface area (Å²) in [6.45, 7) is 3.78. The smallest absolute Gasteiger partial charge is 0.276 e. The van der Waals surface area contributed by atoms with E-state index in [1.807, 2.05) is 54.2 Å². The lowest BCUT2D eigenvalue weighted by Crippen LogP contribution is -2.33. The summed E-state index contributed by atoms with van der Waals surface area (Å²) in [6, 6.07) is 28.5. The number of para-hydroxylation sites is 2. The molecular weight excluding hydrogens is 592 g/mol. The van der Waals surface area contributed by atoms with Crippen LogP contribution in [-0.4, -0.2) is 35.6 Å². The molecule has 0 atom stereocenters. The van der Waals surface area contributed by atoms with Crippen LogP contribution in [-0.2, 0) is 13.0 Å². The van der Waals surface area contributed by atoms with Gasteiger partial charge in [0.05, 0.1) is 16.3 Å². The van der Waals surface area contributed by atoms with Crippen molar-refractivity contribution in [3.05, 3.63) is 124 Å². The van der Waals surface area contributed by atoms with Gasteiger partial charge in [0.15, 0.2) is 0 Å². The third-order valence-corrected chi connectivity index (χ3v) is 10.3. The first-order chi connectivity index (χ1) is 21.5. The number of nitrogens with one attached hydrogen (secondary N) is 1. The molecule has 2 aromatic heterocycles. The molecule has 0 spiro atoms. The fourth-order valence-electron chi connectivity index (χ4n) is 5.76. The van der Waals surface area contributed by atoms with Gasteiger partial charge in [-0.25, -0.2) is 9.37 Å². The number of benzene rings is 3. The first kappa shape index (κ1) is 28.3. The van der Waals surface area contributed by atoms with Crippen molar-refractivity contribution in [2.45, 2.75) is 24.8 Å². The molecule has 2 amide bonds. The number of carbonyl (C=O) groups excluding carboxylic acids is 2. The van der Waals surface area contributed by atoms with Crippen molar-refractivity contribution in [3.8, 4) is 10.4 Å². The number of hydrogen-bond acceptors (Lipinski definition) is 6. The molecule has 0 unspecified atom stereocenters. The SMILES string of the molecule is Cc1cccc(F)c1NC(=O)c1cc2c(s1)-c1ccccc1N(C(=O)c1cccc(N3CCSc4ccccc4C3)n1)CC2. The second kappa shape index (κ2) is 11.9. The molecule has 0 fully saturated rings. The Bertz CT molecular complexity index is 1890. The fraction of sp³-hybridized carbons (Fsp3) is 0.171. The summed E-state index contributed by atoms with van der Waals surface area (Å²) >= 11 is 3.21. The highest BCUT2D eigenvalue weighted by Gasteiger charge is 2.29. The standard InChI is InChI=1S/C35H29FN4O2S2/c1-22-8-6-11-26(36)32(22)38-34(41)30-20-23-16-17-40(28-13-4-3-10-25(28)33(23)44-30)35(42)27-12-7-15-31(37-27)39-18-19-43-29-14-5-2-9-24(29)21-39/h2-15,20H,16-19,21H2,1H3,(H,38,41). The maximum absolute atomic E-state index is 14.4. The van der Waals surface area contributed by atoms with E-state index in [9.17, 15) is 14.0 Å². The summed E-state index contributed by atoms with van der Waals surface area (Å²) in [7, 11) is 0. The zero-order chi connectivity index (χ0) is 30.2. The van der Waals surface area contributed by atoms with Crippen LogP contribution in [0.25, 0.3) is 10.4 Å². The molecule has 220 valence electrons. The molecule has 7 rings (SSSR count). The summed E-state index contributed by atoms with van der Waals surface area (Å²) < 4.78 is 14.4. The van der Waals surface area contributed by atoms with Gasteiger partial charge in [-0.1, -0.05) is 54.6 Å². The fourth-order valence-corrected chi connectivity index (χ4v) is 7.93. The maximum atomic E-state index is 14.4. The maximum Gasteiger partial charge on any atom is 0.276 e. The highest BCUT2D eigenvalue weighted by Crippen LogP contribution is 2.42. The molecule has 0 bridgehead atoms. The van der Waals surface area contributed by atoms with Crippen LogP contribution in [0.3, 0.4) is 0 Å². The lowest BCUT2D eigenvalue weighted by atomic mass is 10.1. The number of nitrogens with zero attached hydrogens (tertiary/aromatic N) is 3. The van der Waals surface area contributed by atoms with Gasteiger partial charge in [0.2, 0.25) is 0 Å². The minimum Gasteiger partial charge on any atom is -0.351 e. The summed E-state index contributed by atoms with van der Waals surface area (Å²) in [4.78, 5) is 38.9. The monoisotopic (exact) mass is 620 g/mol. The van der Waals surface area contributed by atoms with Crippen molar-refractivity contribution >= 4 is 52.1 Å². The average Bonchev–Trinajstić information content (AvgIpc) is 3.26. The van der Waals surface area contributed by atoms with Crippen LogP contribution >= 0.6 is 23.1 Å². The summed E-state index contributed by atoms with van der Waals surface area (Å²) in [5.74, 6) is 0.757. The Hall–Kier alpha value is -4.47. The van der Waals surface area contributed by atoms with Gasteiger partial charge in [-0.15, -0.1) is 23.1 Å². The molecule has 2 aliphatic rings. The number of thioether (sulfide) groups is 1. The summed E-state index contributed by atoms with van der Waals surface area (Å²) in [5.41, 5.74) is 5.16. The third-order valence-electron chi connectivity index (χ3n) is 8.01. The van der Waals surface area contributed by atoms with Crippen molar-refractivity contribution in [3.63, 3.8) is 0 Å². The van der Waals surface area contributed by atoms with Crippen molar-refractivity contribution in [2.75, 3.05) is 34.0 Å². The van der Waals surface area contributed by atoms with E-state index in [0.29, 0.717) is 29.1 Å². The lowest BCUT2D eigenvalue weighted by molar-refractivity contribution is 0.0981. The van der Waals surface area contributed by atoms with E-state index in [4.69, 9.17) is 4.98 Å². The molecule has 9 heteroatoms. The average molecular weight is 621 g/mol. The second-order valence-electron chi connectivity index (χ2n) is 10.8. The molecule has 1 N–H and O–H groups in total. The quantitative estimate of drug-likeness (QED) is 0.222. The highest BCUT2D eigenvalue weighted by molar-refractivity contribution is 7.99. The van der Waals surface area contributed by atoms with Crippen molar-refractivity contribution in [2.24, 2.45) is 0 Å². The van der Waals surface area contributed by atoms with Crippen LogP contribution in [0.5, 0.6) is 0 Å². The summed E-state index contributed by atoms with van der Waals surface area (Å²) in [5, 5.41) is 2.75. The molecular formula is C35H29FN4O2S2. The van der Waals surface area contributed by atoms with Crippen LogP contribution in [0.4, 0.5) is 21.6 Å². The van der Waals surface area contributed by atoms with Gasteiger partial charge in [0.25, 0.3) is 11.8 Å². The van der Waals surface area contributed by atoms with Gasteiger partial charge in [0, 0.05) is 40.7 Å². The zero-order valence-corrected chi connectivity index (χ0v) is 25.7. The molecule has 0 radical (unpaired) electrons. The van der Waals surface area contributed by atoms with Crippen molar-refractivity contribution in [1.82, 2.24) is 4.98 Å². The molecule has 44 heavy (non-hydrogen) atoms. The Labute approximate surface area is 263 Å². The first-order valence-electron chi connectivity index (χ1n) is 14.5. The number of aromatic nitrogens is 1. The molecule has 3 aromatic carbocycles. The van der Waals surface area contributed by atoms with E-state index < -0.39 is 5.82 Å². The number of amides is 2. The number of carbonyl (C=O) groups is 2. The normalized spacial score (nSPS) is 14.1. The summed E-state index contributed by atoms with van der Waals surface area (Å²) in [6.07, 6.45) is 0.568. The van der Waals surface area contributed by atoms with Crippen LogP contribution in [0.2, 0.25) is 0 Å². The lowest BCUT2D eigenvalue weighted by Gasteiger charge is -2.25. The van der Waals surface area contributed by atoms with Crippen LogP contribution in [0.15, 0.2) is 95.9 Å². The molecule has 0 saturated heterocycles. The predicted molar refractivity (Wildman–Crippen MR) is 177 cm³/mol. The van der Waals surface area contributed by atoms with E-state index in [1.165, 1.54) is 27.9 Å². The Balaban J connectivity index is 1.16. The Kier molecular flexibility index (Phi) is 7.66. The van der Waals surface area contributed by atoms with E-state index in [0.717, 1.165) is 46.4 Å². The van der Waals surface area contributed by atoms with Gasteiger partial charge in [-0.3, -0.25) is 9.59 Å². The molecule has 0 aliphatic carbocycles. The van der Waals surface area contributed by atoms with Crippen LogP contribution in [0, 0.1) is 12.7 Å². The minimum absolute atomic E-state index is 0.160. The van der Waals surface area contributed by atoms with Crippen molar-refractivity contribution in [1.29, 1.82) is 0 Å².